The molecule has 0 amide bonds. The van der Waals surface area contributed by atoms with Gasteiger partial charge < -0.3 is 12.8 Å². The van der Waals surface area contributed by atoms with E-state index in [4.69, 9.17) is 0 Å². The van der Waals surface area contributed by atoms with Crippen LogP contribution >= 0.6 is 0 Å². The fourth-order valence-electron chi connectivity index (χ4n) is 1.02. The van der Waals surface area contributed by atoms with Crippen molar-refractivity contribution in [1.82, 2.24) is 0 Å². The second kappa shape index (κ2) is 4.41. The van der Waals surface area contributed by atoms with Crippen LogP contribution in [-0.4, -0.2) is 0 Å². The van der Waals surface area contributed by atoms with E-state index in [0.717, 1.165) is 11.8 Å². The van der Waals surface area contributed by atoms with Gasteiger partial charge in [0, 0.05) is 0 Å². The van der Waals surface area contributed by atoms with E-state index in [9.17, 15) is 0 Å². The van der Waals surface area contributed by atoms with E-state index in [-0.39, 0.29) is 18.6 Å². The van der Waals surface area contributed by atoms with Crippen molar-refractivity contribution < 1.29 is 18.6 Å². The quantitative estimate of drug-likeness (QED) is 0.479. The van der Waals surface area contributed by atoms with Gasteiger partial charge in [0.15, 0.2) is 0 Å². The largest absolute Gasteiger partial charge is 2.00 e. The van der Waals surface area contributed by atoms with Crippen LogP contribution < -0.4 is 0 Å². The van der Waals surface area contributed by atoms with E-state index < -0.39 is 0 Å². The minimum Gasteiger partial charge on any atom is -0.335 e. The molecule has 0 N–H and O–H groups in total. The Kier molecular flexibility index (Phi) is 4.69. The summed E-state index contributed by atoms with van der Waals surface area (Å²) in [5, 5.41) is 0. The minimum absolute atomic E-state index is 0. The Hall–Kier alpha value is 0.584. The van der Waals surface area contributed by atoms with Crippen LogP contribution in [0.25, 0.3) is 0 Å². The Labute approximate surface area is 70.3 Å². The molecule has 0 heterocycles. The van der Waals surface area contributed by atoms with E-state index in [1.807, 2.05) is 20.3 Å². The molecule has 0 aromatic heterocycles. The average Bonchev–Trinajstić information content (AvgIpc) is 1.20. The van der Waals surface area contributed by atoms with Gasteiger partial charge in [-0.25, -0.2) is 0 Å². The zero-order valence-corrected chi connectivity index (χ0v) is 7.57. The average molecular weight is 161 g/mol. The standard InChI is InChI=1S/C5H7.C3H7.V/c1-4-2-5(1)3-4;1-3-2;/h1,4-5H,2-3H2;3H,1-2H3;/q2*-1;+2. The Balaban J connectivity index is 0.000000147. The second-order valence-electron chi connectivity index (χ2n) is 2.76. The van der Waals surface area contributed by atoms with E-state index >= 15 is 0 Å². The third-order valence-corrected chi connectivity index (χ3v) is 1.76. The van der Waals surface area contributed by atoms with Gasteiger partial charge in [-0.3, -0.25) is 0 Å². The van der Waals surface area contributed by atoms with E-state index in [2.05, 4.69) is 6.42 Å². The van der Waals surface area contributed by atoms with Gasteiger partial charge in [0.2, 0.25) is 0 Å². The van der Waals surface area contributed by atoms with Gasteiger partial charge in [-0.1, -0.05) is 0 Å². The summed E-state index contributed by atoms with van der Waals surface area (Å²) in [5.74, 6) is 2.17. The SMILES string of the molecule is C[CH-]C.[CH-]1C2CC1C2.[V+2]. The Bertz CT molecular complexity index is 50.7. The van der Waals surface area contributed by atoms with E-state index in [1.165, 1.54) is 12.8 Å². The fraction of sp³-hybridized carbons (Fsp3) is 0.750. The molecule has 2 bridgehead atoms. The summed E-state index contributed by atoms with van der Waals surface area (Å²) in [6.45, 7) is 4.00. The van der Waals surface area contributed by atoms with Crippen molar-refractivity contribution in [3.05, 3.63) is 12.8 Å². The summed E-state index contributed by atoms with van der Waals surface area (Å²) in [4.78, 5) is 0. The third-order valence-electron chi connectivity index (χ3n) is 1.76. The van der Waals surface area contributed by atoms with E-state index in [1.54, 1.807) is 0 Å². The normalized spacial score (nSPS) is 34.0. The zero-order chi connectivity index (χ0) is 5.98. The maximum atomic E-state index is 2.44. The van der Waals surface area contributed by atoms with Crippen LogP contribution in [0, 0.1) is 24.7 Å². The van der Waals surface area contributed by atoms with Crippen molar-refractivity contribution in [2.75, 3.05) is 0 Å². The van der Waals surface area contributed by atoms with Gasteiger partial charge in [-0.2, -0.15) is 25.7 Å². The van der Waals surface area contributed by atoms with Crippen LogP contribution in [0.4, 0.5) is 0 Å². The van der Waals surface area contributed by atoms with Gasteiger partial charge in [0.05, 0.1) is 0 Å². The van der Waals surface area contributed by atoms with Crippen LogP contribution in [0.5, 0.6) is 0 Å². The molecule has 0 aromatic rings. The fourth-order valence-corrected chi connectivity index (χ4v) is 1.02. The number of hydrogen-bond acceptors (Lipinski definition) is 0. The monoisotopic (exact) mass is 161 g/mol. The van der Waals surface area contributed by atoms with Crippen LogP contribution in [0.3, 0.4) is 0 Å². The maximum Gasteiger partial charge on any atom is 2.00 e. The molecule has 0 aromatic carbocycles. The molecule has 9 heavy (non-hydrogen) atoms. The molecule has 51 valence electrons. The Morgan fingerprint density at radius 2 is 1.33 bits per heavy atom. The molecular formula is C8H14V. The van der Waals surface area contributed by atoms with Gasteiger partial charge >= 0.3 is 18.6 Å². The minimum atomic E-state index is 0. The molecule has 1 heteroatoms. The van der Waals surface area contributed by atoms with Crippen molar-refractivity contribution in [3.63, 3.8) is 0 Å². The Morgan fingerprint density at radius 3 is 1.33 bits per heavy atom. The third kappa shape index (κ3) is 2.35. The predicted molar refractivity (Wildman–Crippen MR) is 36.2 cm³/mol. The first-order valence-electron chi connectivity index (χ1n) is 3.45. The molecule has 3 aliphatic rings. The van der Waals surface area contributed by atoms with Gasteiger partial charge in [0.1, 0.15) is 0 Å². The molecule has 3 rings (SSSR count). The first-order valence-corrected chi connectivity index (χ1v) is 3.45. The maximum absolute atomic E-state index is 2.44. The molecule has 0 atom stereocenters. The number of rotatable bonds is 0. The Morgan fingerprint density at radius 1 is 1.22 bits per heavy atom. The molecule has 0 aliphatic heterocycles. The molecule has 3 aliphatic carbocycles. The summed E-state index contributed by atoms with van der Waals surface area (Å²) in [6.07, 6.45) is 7.50. The summed E-state index contributed by atoms with van der Waals surface area (Å²) >= 11 is 0. The zero-order valence-electron chi connectivity index (χ0n) is 6.17. The van der Waals surface area contributed by atoms with Crippen LogP contribution in [-0.2, 0) is 18.6 Å². The van der Waals surface area contributed by atoms with E-state index in [0.29, 0.717) is 0 Å². The van der Waals surface area contributed by atoms with Crippen LogP contribution in [0.15, 0.2) is 0 Å². The molecule has 0 unspecified atom stereocenters. The van der Waals surface area contributed by atoms with Crippen molar-refractivity contribution in [2.24, 2.45) is 11.8 Å². The molecule has 3 fully saturated rings. The molecule has 0 spiro atoms. The first-order chi connectivity index (χ1) is 3.86. The van der Waals surface area contributed by atoms with Gasteiger partial charge in [-0.15, -0.1) is 12.8 Å². The first kappa shape index (κ1) is 9.58. The number of hydrogen-bond donors (Lipinski definition) is 0. The molecular weight excluding hydrogens is 147 g/mol. The molecule has 3 saturated carbocycles. The smallest absolute Gasteiger partial charge is 0.335 e. The van der Waals surface area contributed by atoms with Crippen molar-refractivity contribution in [1.29, 1.82) is 0 Å². The molecule has 1 radical (unpaired) electrons. The summed E-state index contributed by atoms with van der Waals surface area (Å²) in [6, 6.07) is 0. The van der Waals surface area contributed by atoms with Crippen LogP contribution in [0.1, 0.15) is 26.7 Å². The van der Waals surface area contributed by atoms with Gasteiger partial charge in [-0.05, 0) is 0 Å². The van der Waals surface area contributed by atoms with Crippen LogP contribution in [0.2, 0.25) is 0 Å². The van der Waals surface area contributed by atoms with Gasteiger partial charge in [0.25, 0.3) is 0 Å². The predicted octanol–water partition coefficient (Wildman–Crippen LogP) is 2.46. The van der Waals surface area contributed by atoms with Crippen molar-refractivity contribution in [3.8, 4) is 0 Å². The molecule has 0 nitrogen and oxygen atoms in total. The summed E-state index contributed by atoms with van der Waals surface area (Å²) < 4.78 is 0. The summed E-state index contributed by atoms with van der Waals surface area (Å²) in [7, 11) is 0. The molecule has 0 saturated heterocycles. The second-order valence-corrected chi connectivity index (χ2v) is 2.76. The van der Waals surface area contributed by atoms with Crippen molar-refractivity contribution in [2.45, 2.75) is 26.7 Å². The topological polar surface area (TPSA) is 0 Å². The summed E-state index contributed by atoms with van der Waals surface area (Å²) in [5.41, 5.74) is 0. The van der Waals surface area contributed by atoms with Crippen molar-refractivity contribution >= 4 is 0 Å².